The lowest BCUT2D eigenvalue weighted by Gasteiger charge is -2.14. The number of nitrogens with two attached hydrogens (primary N) is 1. The van der Waals surface area contributed by atoms with Crippen LogP contribution in [0.3, 0.4) is 0 Å². The number of hydrogen-bond acceptors (Lipinski definition) is 3. The Hall–Kier alpha value is -1.14. The number of sulfonamides is 1. The number of anilines is 1. The van der Waals surface area contributed by atoms with Crippen LogP contribution in [0.5, 0.6) is 0 Å². The Kier molecular flexibility index (Phi) is 2.67. The average molecular weight is 258 g/mol. The standard InChI is InChI=1S/C11H15FN2O2S/c1-7-5-8(13)6-9(10(7)12)17(15,16)14-11(2)3-4-11/h5-6,14H,3-4,13H2,1-2H3. The Morgan fingerprint density at radius 1 is 1.41 bits per heavy atom. The van der Waals surface area contributed by atoms with Crippen LogP contribution in [0.25, 0.3) is 0 Å². The largest absolute Gasteiger partial charge is 0.399 e. The van der Waals surface area contributed by atoms with Gasteiger partial charge in [0.05, 0.1) is 0 Å². The fourth-order valence-corrected chi connectivity index (χ4v) is 3.28. The number of nitrogen functional groups attached to an aromatic ring is 1. The van der Waals surface area contributed by atoms with Gasteiger partial charge in [-0.1, -0.05) is 0 Å². The molecule has 17 heavy (non-hydrogen) atoms. The van der Waals surface area contributed by atoms with Crippen molar-refractivity contribution in [3.63, 3.8) is 0 Å². The van der Waals surface area contributed by atoms with Gasteiger partial charge in [-0.25, -0.2) is 17.5 Å². The van der Waals surface area contributed by atoms with Gasteiger partial charge in [0.2, 0.25) is 10.0 Å². The van der Waals surface area contributed by atoms with Crippen molar-refractivity contribution in [3.05, 3.63) is 23.5 Å². The number of rotatable bonds is 3. The molecule has 1 aromatic rings. The van der Waals surface area contributed by atoms with Crippen molar-refractivity contribution in [2.24, 2.45) is 0 Å². The molecule has 0 bridgehead atoms. The molecule has 0 unspecified atom stereocenters. The molecule has 1 fully saturated rings. The van der Waals surface area contributed by atoms with Gasteiger partial charge in [0, 0.05) is 11.2 Å². The number of aryl methyl sites for hydroxylation is 1. The van der Waals surface area contributed by atoms with Crippen molar-refractivity contribution in [1.29, 1.82) is 0 Å². The molecular formula is C11H15FN2O2S. The second-order valence-electron chi connectivity index (χ2n) is 4.82. The molecule has 0 saturated heterocycles. The lowest BCUT2D eigenvalue weighted by atomic mass is 10.2. The molecule has 4 nitrogen and oxygen atoms in total. The van der Waals surface area contributed by atoms with Gasteiger partial charge in [0.1, 0.15) is 10.7 Å². The molecule has 0 aromatic heterocycles. The highest BCUT2D eigenvalue weighted by Gasteiger charge is 2.42. The zero-order valence-electron chi connectivity index (χ0n) is 9.75. The molecule has 6 heteroatoms. The van der Waals surface area contributed by atoms with Crippen molar-refractivity contribution in [3.8, 4) is 0 Å². The highest BCUT2D eigenvalue weighted by molar-refractivity contribution is 7.89. The van der Waals surface area contributed by atoms with Gasteiger partial charge in [0.15, 0.2) is 0 Å². The minimum Gasteiger partial charge on any atom is -0.399 e. The van der Waals surface area contributed by atoms with Crippen LogP contribution < -0.4 is 10.5 Å². The Morgan fingerprint density at radius 3 is 2.53 bits per heavy atom. The van der Waals surface area contributed by atoms with Crippen LogP contribution in [-0.4, -0.2) is 14.0 Å². The van der Waals surface area contributed by atoms with Crippen molar-refractivity contribution < 1.29 is 12.8 Å². The summed E-state index contributed by atoms with van der Waals surface area (Å²) in [4.78, 5) is -0.372. The van der Waals surface area contributed by atoms with E-state index in [1.807, 2.05) is 0 Å². The maximum absolute atomic E-state index is 13.8. The Labute approximate surface area is 100 Å². The third kappa shape index (κ3) is 2.42. The lowest BCUT2D eigenvalue weighted by Crippen LogP contribution is -2.34. The number of benzene rings is 1. The molecule has 0 atom stereocenters. The third-order valence-electron chi connectivity index (χ3n) is 2.91. The average Bonchev–Trinajstić information content (AvgIpc) is 2.88. The van der Waals surface area contributed by atoms with E-state index in [-0.39, 0.29) is 16.1 Å². The van der Waals surface area contributed by atoms with Crippen LogP contribution in [0, 0.1) is 12.7 Å². The molecule has 0 aliphatic heterocycles. The number of nitrogens with one attached hydrogen (secondary N) is 1. The van der Waals surface area contributed by atoms with E-state index in [1.54, 1.807) is 6.92 Å². The van der Waals surface area contributed by atoms with Gasteiger partial charge in [-0.05, 0) is 44.4 Å². The summed E-state index contributed by atoms with van der Waals surface area (Å²) >= 11 is 0. The number of hydrogen-bond donors (Lipinski definition) is 2. The first-order chi connectivity index (χ1) is 7.73. The highest BCUT2D eigenvalue weighted by Crippen LogP contribution is 2.36. The monoisotopic (exact) mass is 258 g/mol. The van der Waals surface area contributed by atoms with E-state index in [4.69, 9.17) is 5.73 Å². The molecule has 0 radical (unpaired) electrons. The molecule has 0 heterocycles. The maximum Gasteiger partial charge on any atom is 0.244 e. The van der Waals surface area contributed by atoms with Crippen molar-refractivity contribution in [2.75, 3.05) is 5.73 Å². The summed E-state index contributed by atoms with van der Waals surface area (Å²) < 4.78 is 40.3. The van der Waals surface area contributed by atoms with Crippen molar-refractivity contribution >= 4 is 15.7 Å². The minimum atomic E-state index is -3.84. The molecule has 0 amide bonds. The fraction of sp³-hybridized carbons (Fsp3) is 0.455. The van der Waals surface area contributed by atoms with Crippen LogP contribution in [0.2, 0.25) is 0 Å². The fourth-order valence-electron chi connectivity index (χ4n) is 1.63. The van der Waals surface area contributed by atoms with Gasteiger partial charge in [-0.2, -0.15) is 0 Å². The van der Waals surface area contributed by atoms with Crippen LogP contribution in [0.15, 0.2) is 17.0 Å². The SMILES string of the molecule is Cc1cc(N)cc(S(=O)(=O)NC2(C)CC2)c1F. The molecule has 94 valence electrons. The molecule has 2 rings (SSSR count). The van der Waals surface area contributed by atoms with E-state index in [9.17, 15) is 12.8 Å². The zero-order valence-corrected chi connectivity index (χ0v) is 10.6. The van der Waals surface area contributed by atoms with Crippen molar-refractivity contribution in [2.45, 2.75) is 37.1 Å². The summed E-state index contributed by atoms with van der Waals surface area (Å²) in [6, 6.07) is 2.56. The second kappa shape index (κ2) is 3.68. The molecule has 3 N–H and O–H groups in total. The van der Waals surface area contributed by atoms with E-state index in [1.165, 1.54) is 13.0 Å². The van der Waals surface area contributed by atoms with Gasteiger partial charge in [0.25, 0.3) is 0 Å². The van der Waals surface area contributed by atoms with Crippen LogP contribution in [-0.2, 0) is 10.0 Å². The van der Waals surface area contributed by atoms with Gasteiger partial charge in [-0.15, -0.1) is 0 Å². The van der Waals surface area contributed by atoms with Gasteiger partial charge in [-0.3, -0.25) is 0 Å². The summed E-state index contributed by atoms with van der Waals surface area (Å²) in [6.45, 7) is 3.28. The molecule has 1 saturated carbocycles. The second-order valence-corrected chi connectivity index (χ2v) is 6.47. The summed E-state index contributed by atoms with van der Waals surface area (Å²) in [6.07, 6.45) is 1.55. The van der Waals surface area contributed by atoms with Crippen LogP contribution in [0.1, 0.15) is 25.3 Å². The first-order valence-electron chi connectivity index (χ1n) is 5.33. The summed E-state index contributed by atoms with van der Waals surface area (Å²) in [5.74, 6) is -0.740. The first kappa shape index (κ1) is 12.3. The molecule has 1 aliphatic carbocycles. The maximum atomic E-state index is 13.8. The Morgan fingerprint density at radius 2 is 2.00 bits per heavy atom. The highest BCUT2D eigenvalue weighted by atomic mass is 32.2. The smallest absolute Gasteiger partial charge is 0.244 e. The minimum absolute atomic E-state index is 0.228. The van der Waals surface area contributed by atoms with E-state index in [2.05, 4.69) is 4.72 Å². The van der Waals surface area contributed by atoms with E-state index >= 15 is 0 Å². The summed E-state index contributed by atoms with van der Waals surface area (Å²) in [5.41, 5.74) is 5.59. The molecule has 0 spiro atoms. The quantitative estimate of drug-likeness (QED) is 0.808. The van der Waals surface area contributed by atoms with Gasteiger partial charge < -0.3 is 5.73 Å². The Bertz CT molecular complexity index is 565. The first-order valence-corrected chi connectivity index (χ1v) is 6.81. The van der Waals surface area contributed by atoms with Crippen LogP contribution in [0.4, 0.5) is 10.1 Å². The third-order valence-corrected chi connectivity index (χ3v) is 4.55. The lowest BCUT2D eigenvalue weighted by molar-refractivity contribution is 0.538. The molecule has 1 aromatic carbocycles. The van der Waals surface area contributed by atoms with E-state index < -0.39 is 21.4 Å². The molecular weight excluding hydrogens is 243 g/mol. The molecule has 1 aliphatic rings. The topological polar surface area (TPSA) is 72.2 Å². The predicted molar refractivity (Wildman–Crippen MR) is 63.5 cm³/mol. The van der Waals surface area contributed by atoms with Crippen molar-refractivity contribution in [1.82, 2.24) is 4.72 Å². The summed E-state index contributed by atoms with van der Waals surface area (Å²) in [5, 5.41) is 0. The van der Waals surface area contributed by atoms with E-state index in [0.29, 0.717) is 0 Å². The number of halogens is 1. The Balaban J connectivity index is 2.45. The van der Waals surface area contributed by atoms with Gasteiger partial charge >= 0.3 is 0 Å². The predicted octanol–water partition coefficient (Wildman–Crippen LogP) is 1.55. The zero-order chi connectivity index (χ0) is 12.8. The van der Waals surface area contributed by atoms with Crippen LogP contribution >= 0.6 is 0 Å². The summed E-state index contributed by atoms with van der Waals surface area (Å²) in [7, 11) is -3.84. The normalized spacial score (nSPS) is 18.1. The van der Waals surface area contributed by atoms with E-state index in [0.717, 1.165) is 18.9 Å².